The Bertz CT molecular complexity index is 272. The van der Waals surface area contributed by atoms with E-state index < -0.39 is 11.5 Å². The molecule has 0 bridgehead atoms. The maximum Gasteiger partial charge on any atom is 0.329 e. The van der Waals surface area contributed by atoms with Gasteiger partial charge in [-0.3, -0.25) is 4.79 Å². The number of hydrogen-bond donors (Lipinski definition) is 2. The van der Waals surface area contributed by atoms with Gasteiger partial charge in [0.15, 0.2) is 0 Å². The summed E-state index contributed by atoms with van der Waals surface area (Å²) < 4.78 is 4.86. The molecule has 98 valence electrons. The smallest absolute Gasteiger partial charge is 0.329 e. The van der Waals surface area contributed by atoms with Crippen LogP contribution in [0.5, 0.6) is 0 Å². The number of rotatable bonds is 6. The molecule has 0 saturated heterocycles. The van der Waals surface area contributed by atoms with Gasteiger partial charge in [-0.1, -0.05) is 19.3 Å². The maximum atomic E-state index is 11.7. The van der Waals surface area contributed by atoms with Gasteiger partial charge in [0.2, 0.25) is 5.91 Å². The molecular formula is C12H21NO4. The second-order valence-electron chi connectivity index (χ2n) is 4.59. The third-order valence-electron chi connectivity index (χ3n) is 3.25. The van der Waals surface area contributed by atoms with Crippen LogP contribution in [0.15, 0.2) is 0 Å². The third-order valence-corrected chi connectivity index (χ3v) is 3.25. The Morgan fingerprint density at radius 3 is 2.47 bits per heavy atom. The minimum absolute atomic E-state index is 0.189. The van der Waals surface area contributed by atoms with Gasteiger partial charge in [-0.15, -0.1) is 0 Å². The SMILES string of the molecule is COCCCC(=O)NC1(C(=O)O)CCCCC1. The van der Waals surface area contributed by atoms with E-state index in [1.54, 1.807) is 7.11 Å². The molecule has 0 aliphatic heterocycles. The van der Waals surface area contributed by atoms with Crippen LogP contribution in [-0.2, 0) is 14.3 Å². The molecule has 1 fully saturated rings. The van der Waals surface area contributed by atoms with Crippen molar-refractivity contribution in [2.45, 2.75) is 50.5 Å². The highest BCUT2D eigenvalue weighted by Crippen LogP contribution is 2.28. The molecule has 0 atom stereocenters. The average Bonchev–Trinajstić information content (AvgIpc) is 2.30. The molecular weight excluding hydrogens is 222 g/mol. The Morgan fingerprint density at radius 1 is 1.29 bits per heavy atom. The number of carboxylic acid groups (broad SMARTS) is 1. The first-order valence-corrected chi connectivity index (χ1v) is 6.14. The first kappa shape index (κ1) is 14.0. The topological polar surface area (TPSA) is 75.6 Å². The number of carboxylic acids is 1. The summed E-state index contributed by atoms with van der Waals surface area (Å²) in [6, 6.07) is 0. The summed E-state index contributed by atoms with van der Waals surface area (Å²) in [6.07, 6.45) is 4.81. The first-order valence-electron chi connectivity index (χ1n) is 6.14. The van der Waals surface area contributed by atoms with Crippen molar-refractivity contribution in [1.82, 2.24) is 5.32 Å². The number of aliphatic carboxylic acids is 1. The van der Waals surface area contributed by atoms with Crippen LogP contribution in [0.4, 0.5) is 0 Å². The molecule has 5 heteroatoms. The predicted molar refractivity (Wildman–Crippen MR) is 62.7 cm³/mol. The number of hydrogen-bond acceptors (Lipinski definition) is 3. The highest BCUT2D eigenvalue weighted by molar-refractivity contribution is 5.87. The second kappa shape index (κ2) is 6.59. The molecule has 0 aromatic carbocycles. The summed E-state index contributed by atoms with van der Waals surface area (Å²) in [5.41, 5.74) is -1.03. The van der Waals surface area contributed by atoms with Crippen molar-refractivity contribution in [3.05, 3.63) is 0 Å². The number of carbonyl (C=O) groups excluding carboxylic acids is 1. The van der Waals surface area contributed by atoms with E-state index >= 15 is 0 Å². The molecule has 5 nitrogen and oxygen atoms in total. The van der Waals surface area contributed by atoms with Gasteiger partial charge < -0.3 is 15.2 Å². The van der Waals surface area contributed by atoms with Gasteiger partial charge in [0.05, 0.1) is 0 Å². The molecule has 1 aliphatic rings. The predicted octanol–water partition coefficient (Wildman–Crippen LogP) is 1.32. The van der Waals surface area contributed by atoms with E-state index in [0.717, 1.165) is 19.3 Å². The molecule has 0 unspecified atom stereocenters. The number of ether oxygens (including phenoxy) is 1. The van der Waals surface area contributed by atoms with Crippen molar-refractivity contribution < 1.29 is 19.4 Å². The first-order chi connectivity index (χ1) is 8.10. The van der Waals surface area contributed by atoms with Gasteiger partial charge in [0.25, 0.3) is 0 Å². The zero-order valence-electron chi connectivity index (χ0n) is 10.3. The third kappa shape index (κ3) is 4.00. The Labute approximate surface area is 102 Å². The summed E-state index contributed by atoms with van der Waals surface area (Å²) in [5, 5.41) is 12.0. The molecule has 0 heterocycles. The quantitative estimate of drug-likeness (QED) is 0.690. The molecule has 0 spiro atoms. The lowest BCUT2D eigenvalue weighted by molar-refractivity contribution is -0.149. The van der Waals surface area contributed by atoms with Crippen LogP contribution in [0.1, 0.15) is 44.9 Å². The fourth-order valence-electron chi connectivity index (χ4n) is 2.25. The van der Waals surface area contributed by atoms with Crippen molar-refractivity contribution in [1.29, 1.82) is 0 Å². The van der Waals surface area contributed by atoms with Crippen LogP contribution in [0.3, 0.4) is 0 Å². The molecule has 1 saturated carbocycles. The van der Waals surface area contributed by atoms with Gasteiger partial charge in [-0.05, 0) is 19.3 Å². The fraction of sp³-hybridized carbons (Fsp3) is 0.833. The summed E-state index contributed by atoms with van der Waals surface area (Å²) in [6.45, 7) is 0.521. The minimum atomic E-state index is -1.03. The largest absolute Gasteiger partial charge is 0.480 e. The van der Waals surface area contributed by atoms with Crippen LogP contribution in [0, 0.1) is 0 Å². The Kier molecular flexibility index (Phi) is 5.41. The van der Waals surface area contributed by atoms with Gasteiger partial charge in [0, 0.05) is 20.1 Å². The van der Waals surface area contributed by atoms with Crippen LogP contribution in [0.2, 0.25) is 0 Å². The number of nitrogens with one attached hydrogen (secondary N) is 1. The lowest BCUT2D eigenvalue weighted by Gasteiger charge is -2.34. The zero-order valence-corrected chi connectivity index (χ0v) is 10.3. The van der Waals surface area contributed by atoms with Gasteiger partial charge >= 0.3 is 5.97 Å². The molecule has 1 aliphatic carbocycles. The van der Waals surface area contributed by atoms with E-state index in [1.807, 2.05) is 0 Å². The average molecular weight is 243 g/mol. The highest BCUT2D eigenvalue weighted by Gasteiger charge is 2.40. The van der Waals surface area contributed by atoms with E-state index in [0.29, 0.717) is 32.3 Å². The molecule has 17 heavy (non-hydrogen) atoms. The Morgan fingerprint density at radius 2 is 1.94 bits per heavy atom. The summed E-state index contributed by atoms with van der Waals surface area (Å²) in [4.78, 5) is 23.0. The van der Waals surface area contributed by atoms with E-state index in [9.17, 15) is 14.7 Å². The second-order valence-corrected chi connectivity index (χ2v) is 4.59. The van der Waals surface area contributed by atoms with E-state index in [1.165, 1.54) is 0 Å². The lowest BCUT2D eigenvalue weighted by Crippen LogP contribution is -2.55. The fourth-order valence-corrected chi connectivity index (χ4v) is 2.25. The van der Waals surface area contributed by atoms with Gasteiger partial charge in [-0.25, -0.2) is 4.79 Å². The summed E-state index contributed by atoms with van der Waals surface area (Å²) in [7, 11) is 1.58. The lowest BCUT2D eigenvalue weighted by atomic mass is 9.81. The normalized spacial score (nSPS) is 18.6. The van der Waals surface area contributed by atoms with Crippen LogP contribution in [0.25, 0.3) is 0 Å². The van der Waals surface area contributed by atoms with Crippen molar-refractivity contribution >= 4 is 11.9 Å². The van der Waals surface area contributed by atoms with Gasteiger partial charge in [-0.2, -0.15) is 0 Å². The Hall–Kier alpha value is -1.10. The van der Waals surface area contributed by atoms with Crippen LogP contribution in [-0.4, -0.2) is 36.2 Å². The summed E-state index contributed by atoms with van der Waals surface area (Å²) in [5.74, 6) is -1.09. The number of amides is 1. The molecule has 0 aromatic rings. The van der Waals surface area contributed by atoms with Crippen molar-refractivity contribution in [2.75, 3.05) is 13.7 Å². The van der Waals surface area contributed by atoms with E-state index in [-0.39, 0.29) is 5.91 Å². The summed E-state index contributed by atoms with van der Waals surface area (Å²) >= 11 is 0. The number of methoxy groups -OCH3 is 1. The zero-order chi connectivity index (χ0) is 12.7. The Balaban J connectivity index is 2.48. The molecule has 0 radical (unpaired) electrons. The highest BCUT2D eigenvalue weighted by atomic mass is 16.5. The van der Waals surface area contributed by atoms with Crippen LogP contribution >= 0.6 is 0 Å². The minimum Gasteiger partial charge on any atom is -0.480 e. The van der Waals surface area contributed by atoms with E-state index in [2.05, 4.69) is 5.32 Å². The standard InChI is InChI=1S/C12H21NO4/c1-17-9-5-6-10(14)13-12(11(15)16)7-3-2-4-8-12/h2-9H2,1H3,(H,13,14)(H,15,16). The van der Waals surface area contributed by atoms with Crippen LogP contribution < -0.4 is 5.32 Å². The van der Waals surface area contributed by atoms with Crippen molar-refractivity contribution in [3.63, 3.8) is 0 Å². The van der Waals surface area contributed by atoms with Crippen molar-refractivity contribution in [2.24, 2.45) is 0 Å². The molecule has 1 amide bonds. The molecule has 2 N–H and O–H groups in total. The van der Waals surface area contributed by atoms with Gasteiger partial charge in [0.1, 0.15) is 5.54 Å². The van der Waals surface area contributed by atoms with Crippen molar-refractivity contribution in [3.8, 4) is 0 Å². The molecule has 0 aromatic heterocycles. The monoisotopic (exact) mass is 243 g/mol. The number of carbonyl (C=O) groups is 2. The molecule has 1 rings (SSSR count). The maximum absolute atomic E-state index is 11.7. The van der Waals surface area contributed by atoms with E-state index in [4.69, 9.17) is 4.74 Å².